The molecule has 19 heavy (non-hydrogen) atoms. The molecule has 1 N–H and O–H groups in total. The van der Waals surface area contributed by atoms with Gasteiger partial charge in [-0.05, 0) is 39.4 Å². The van der Waals surface area contributed by atoms with E-state index in [1.54, 1.807) is 11.8 Å². The van der Waals surface area contributed by atoms with E-state index in [4.69, 9.17) is 0 Å². The maximum atomic E-state index is 12.1. The zero-order valence-electron chi connectivity index (χ0n) is 12.4. The van der Waals surface area contributed by atoms with Crippen LogP contribution in [0, 0.1) is 11.3 Å². The summed E-state index contributed by atoms with van der Waals surface area (Å²) in [7, 11) is 0. The molecule has 1 rings (SSSR count). The zero-order valence-corrected chi connectivity index (χ0v) is 13.2. The Labute approximate surface area is 120 Å². The van der Waals surface area contributed by atoms with Crippen molar-refractivity contribution >= 4 is 17.7 Å². The number of likely N-dealkylation sites (tertiary alicyclic amines) is 1. The predicted molar refractivity (Wildman–Crippen MR) is 80.0 cm³/mol. The van der Waals surface area contributed by atoms with Gasteiger partial charge in [-0.3, -0.25) is 9.69 Å². The Morgan fingerprint density at radius 2 is 2.05 bits per heavy atom. The van der Waals surface area contributed by atoms with Gasteiger partial charge < -0.3 is 5.32 Å². The summed E-state index contributed by atoms with van der Waals surface area (Å²) in [5, 5.41) is 12.3. The fourth-order valence-corrected chi connectivity index (χ4v) is 2.95. The first-order valence-corrected chi connectivity index (χ1v) is 8.21. The third-order valence-corrected chi connectivity index (χ3v) is 5.41. The Morgan fingerprint density at radius 3 is 2.47 bits per heavy atom. The van der Waals surface area contributed by atoms with Gasteiger partial charge in [0.15, 0.2) is 0 Å². The molecule has 0 aromatic carbocycles. The number of carbonyl (C=O) groups is 1. The molecular formula is C14H25N3OS. The van der Waals surface area contributed by atoms with Crippen LogP contribution in [0.3, 0.4) is 0 Å². The molecule has 1 amide bonds. The molecule has 1 fully saturated rings. The Bertz CT molecular complexity index is 345. The van der Waals surface area contributed by atoms with Crippen LogP contribution in [0.25, 0.3) is 0 Å². The van der Waals surface area contributed by atoms with Crippen molar-refractivity contribution in [2.24, 2.45) is 0 Å². The van der Waals surface area contributed by atoms with Crippen molar-refractivity contribution in [1.29, 1.82) is 5.26 Å². The predicted octanol–water partition coefficient (Wildman–Crippen LogP) is 2.01. The minimum absolute atomic E-state index is 0.1000. The highest BCUT2D eigenvalue weighted by atomic mass is 32.2. The van der Waals surface area contributed by atoms with E-state index in [1.807, 2.05) is 20.1 Å². The number of nitrogens with zero attached hydrogens (tertiary/aromatic N) is 2. The molecule has 0 aromatic rings. The van der Waals surface area contributed by atoms with Crippen LogP contribution >= 0.6 is 11.8 Å². The van der Waals surface area contributed by atoms with Gasteiger partial charge in [0.05, 0.1) is 12.1 Å². The molecule has 1 heterocycles. The molecule has 2 unspecified atom stereocenters. The van der Waals surface area contributed by atoms with Crippen molar-refractivity contribution in [3.8, 4) is 6.07 Å². The monoisotopic (exact) mass is 283 g/mol. The second kappa shape index (κ2) is 7.16. The van der Waals surface area contributed by atoms with Crippen LogP contribution in [0.5, 0.6) is 0 Å². The van der Waals surface area contributed by atoms with Crippen molar-refractivity contribution in [3.05, 3.63) is 0 Å². The maximum Gasteiger partial charge on any atom is 0.237 e. The first kappa shape index (κ1) is 16.3. The van der Waals surface area contributed by atoms with Gasteiger partial charge in [-0.15, -0.1) is 11.8 Å². The van der Waals surface area contributed by atoms with E-state index in [-0.39, 0.29) is 22.7 Å². The van der Waals surface area contributed by atoms with Gasteiger partial charge in [-0.25, -0.2) is 0 Å². The van der Waals surface area contributed by atoms with Crippen molar-refractivity contribution < 1.29 is 4.79 Å². The quantitative estimate of drug-likeness (QED) is 0.838. The Balaban J connectivity index is 2.51. The van der Waals surface area contributed by atoms with Crippen LogP contribution in [-0.4, -0.2) is 47.0 Å². The van der Waals surface area contributed by atoms with Crippen LogP contribution in [0.15, 0.2) is 0 Å². The summed E-state index contributed by atoms with van der Waals surface area (Å²) < 4.78 is -0.247. The molecule has 5 heteroatoms. The number of carbonyl (C=O) groups excluding carboxylic acids is 1. The van der Waals surface area contributed by atoms with Crippen LogP contribution in [0.4, 0.5) is 0 Å². The fraction of sp³-hybridized carbons (Fsp3) is 0.857. The van der Waals surface area contributed by atoms with E-state index in [1.165, 1.54) is 0 Å². The summed E-state index contributed by atoms with van der Waals surface area (Å²) in [5.41, 5.74) is 0. The van der Waals surface area contributed by atoms with E-state index in [0.717, 1.165) is 32.4 Å². The maximum absolute atomic E-state index is 12.1. The molecule has 4 nitrogen and oxygen atoms in total. The van der Waals surface area contributed by atoms with Crippen LogP contribution in [0.1, 0.15) is 40.0 Å². The largest absolute Gasteiger partial charge is 0.352 e. The lowest BCUT2D eigenvalue weighted by Crippen LogP contribution is -2.52. The van der Waals surface area contributed by atoms with Gasteiger partial charge in [-0.2, -0.15) is 5.26 Å². The number of thioether (sulfide) groups is 1. The summed E-state index contributed by atoms with van der Waals surface area (Å²) >= 11 is 1.64. The van der Waals surface area contributed by atoms with E-state index in [9.17, 15) is 10.1 Å². The minimum Gasteiger partial charge on any atom is -0.352 e. The van der Waals surface area contributed by atoms with Gasteiger partial charge >= 0.3 is 0 Å². The molecule has 1 aliphatic heterocycles. The molecule has 0 aliphatic carbocycles. The standard InChI is InChI=1S/C14H25N3OS/c1-5-11(2)16-13(18)12(3)17-8-6-14(10-15,19-4)7-9-17/h11-12H,5-9H2,1-4H3,(H,16,18). The molecule has 0 spiro atoms. The smallest absolute Gasteiger partial charge is 0.237 e. The average Bonchev–Trinajstić information content (AvgIpc) is 2.46. The molecule has 1 saturated heterocycles. The first-order chi connectivity index (χ1) is 8.98. The normalized spacial score (nSPS) is 22.3. The molecule has 1 aliphatic rings. The number of rotatable bonds is 5. The number of nitrogens with one attached hydrogen (secondary N) is 1. The van der Waals surface area contributed by atoms with Gasteiger partial charge in [0.2, 0.25) is 5.91 Å². The Hall–Kier alpha value is -0.730. The third-order valence-electron chi connectivity index (χ3n) is 4.13. The summed E-state index contributed by atoms with van der Waals surface area (Å²) in [6.45, 7) is 7.69. The zero-order chi connectivity index (χ0) is 14.5. The second-order valence-electron chi connectivity index (χ2n) is 5.34. The molecule has 0 aromatic heterocycles. The number of hydrogen-bond donors (Lipinski definition) is 1. The highest BCUT2D eigenvalue weighted by Gasteiger charge is 2.36. The summed E-state index contributed by atoms with van der Waals surface area (Å²) in [6, 6.07) is 2.55. The highest BCUT2D eigenvalue weighted by Crippen LogP contribution is 2.34. The van der Waals surface area contributed by atoms with Crippen molar-refractivity contribution in [2.45, 2.75) is 56.9 Å². The fourth-order valence-electron chi connectivity index (χ4n) is 2.27. The molecule has 2 atom stereocenters. The molecular weight excluding hydrogens is 258 g/mol. The number of hydrogen-bond acceptors (Lipinski definition) is 4. The van der Waals surface area contributed by atoms with Crippen molar-refractivity contribution in [3.63, 3.8) is 0 Å². The van der Waals surface area contributed by atoms with Gasteiger partial charge in [0.1, 0.15) is 4.75 Å². The lowest BCUT2D eigenvalue weighted by molar-refractivity contribution is -0.126. The summed E-state index contributed by atoms with van der Waals surface area (Å²) in [5.74, 6) is 0.1000. The summed E-state index contributed by atoms with van der Waals surface area (Å²) in [4.78, 5) is 14.3. The molecule has 108 valence electrons. The van der Waals surface area contributed by atoms with E-state index < -0.39 is 0 Å². The Morgan fingerprint density at radius 1 is 1.47 bits per heavy atom. The number of piperidine rings is 1. The van der Waals surface area contributed by atoms with E-state index in [0.29, 0.717) is 0 Å². The Kier molecular flexibility index (Phi) is 6.15. The van der Waals surface area contributed by atoms with Crippen LogP contribution in [0.2, 0.25) is 0 Å². The van der Waals surface area contributed by atoms with Gasteiger partial charge in [-0.1, -0.05) is 6.92 Å². The van der Waals surface area contributed by atoms with Gasteiger partial charge in [0, 0.05) is 19.1 Å². The molecule has 0 radical (unpaired) electrons. The van der Waals surface area contributed by atoms with Crippen LogP contribution < -0.4 is 5.32 Å². The highest BCUT2D eigenvalue weighted by molar-refractivity contribution is 8.00. The lowest BCUT2D eigenvalue weighted by atomic mass is 9.96. The van der Waals surface area contributed by atoms with Crippen LogP contribution in [-0.2, 0) is 4.79 Å². The topological polar surface area (TPSA) is 56.1 Å². The first-order valence-electron chi connectivity index (χ1n) is 6.99. The molecule has 0 saturated carbocycles. The lowest BCUT2D eigenvalue weighted by Gasteiger charge is -2.38. The number of nitriles is 1. The van der Waals surface area contributed by atoms with Crippen molar-refractivity contribution in [2.75, 3.05) is 19.3 Å². The van der Waals surface area contributed by atoms with Gasteiger partial charge in [0.25, 0.3) is 0 Å². The molecule has 0 bridgehead atoms. The van der Waals surface area contributed by atoms with E-state index >= 15 is 0 Å². The second-order valence-corrected chi connectivity index (χ2v) is 6.53. The average molecular weight is 283 g/mol. The summed E-state index contributed by atoms with van der Waals surface area (Å²) in [6.07, 6.45) is 4.62. The SMILES string of the molecule is CCC(C)NC(=O)C(C)N1CCC(C#N)(SC)CC1. The van der Waals surface area contributed by atoms with E-state index in [2.05, 4.69) is 23.2 Å². The third kappa shape index (κ3) is 4.12. The van der Waals surface area contributed by atoms with Crippen molar-refractivity contribution in [1.82, 2.24) is 10.2 Å². The number of amides is 1. The minimum atomic E-state index is -0.247.